The molecule has 0 spiro atoms. The molecule has 1 aliphatic rings. The molecule has 1 heterocycles. The molecule has 1 aromatic carbocycles. The summed E-state index contributed by atoms with van der Waals surface area (Å²) >= 11 is 0. The number of likely N-dealkylation sites (tertiary alicyclic amines) is 1. The van der Waals surface area contributed by atoms with Gasteiger partial charge in [-0.25, -0.2) is 4.85 Å². The molecule has 0 aliphatic carbocycles. The summed E-state index contributed by atoms with van der Waals surface area (Å²) in [5.74, 6) is 0.225. The van der Waals surface area contributed by atoms with Crippen molar-refractivity contribution < 1.29 is 4.79 Å². The van der Waals surface area contributed by atoms with Gasteiger partial charge < -0.3 is 4.90 Å². The molecule has 1 fully saturated rings. The van der Waals surface area contributed by atoms with E-state index < -0.39 is 0 Å². The van der Waals surface area contributed by atoms with Gasteiger partial charge in [0.15, 0.2) is 5.69 Å². The second-order valence-corrected chi connectivity index (χ2v) is 3.70. The number of amides is 1. The van der Waals surface area contributed by atoms with Crippen molar-refractivity contribution in [1.82, 2.24) is 4.90 Å². The van der Waals surface area contributed by atoms with Crippen LogP contribution in [0.15, 0.2) is 24.3 Å². The molecule has 0 atom stereocenters. The van der Waals surface area contributed by atoms with Gasteiger partial charge in [0.2, 0.25) is 5.91 Å². The predicted octanol–water partition coefficient (Wildman–Crippen LogP) is 2.36. The van der Waals surface area contributed by atoms with Gasteiger partial charge in [0, 0.05) is 19.5 Å². The maximum Gasteiger partial charge on any atom is 0.222 e. The van der Waals surface area contributed by atoms with E-state index in [1.54, 1.807) is 6.07 Å². The van der Waals surface area contributed by atoms with Crippen molar-refractivity contribution in [2.24, 2.45) is 0 Å². The highest BCUT2D eigenvalue weighted by atomic mass is 16.2. The quantitative estimate of drug-likeness (QED) is 0.672. The Labute approximate surface area is 89.1 Å². The Morgan fingerprint density at radius 2 is 2.33 bits per heavy atom. The van der Waals surface area contributed by atoms with E-state index in [0.717, 1.165) is 18.5 Å². The zero-order chi connectivity index (χ0) is 10.7. The molecule has 0 bridgehead atoms. The van der Waals surface area contributed by atoms with Crippen LogP contribution in [-0.4, -0.2) is 17.4 Å². The molecular formula is C12H12N2O. The Morgan fingerprint density at radius 3 is 3.00 bits per heavy atom. The minimum Gasteiger partial charge on any atom is -0.338 e. The molecule has 0 N–H and O–H groups in total. The molecule has 0 radical (unpaired) electrons. The Balaban J connectivity index is 2.10. The molecular weight excluding hydrogens is 188 g/mol. The van der Waals surface area contributed by atoms with Crippen molar-refractivity contribution in [3.8, 4) is 0 Å². The summed E-state index contributed by atoms with van der Waals surface area (Å²) in [5.41, 5.74) is 1.68. The molecule has 1 amide bonds. The molecule has 0 aromatic heterocycles. The first kappa shape index (κ1) is 9.72. The van der Waals surface area contributed by atoms with Crippen molar-refractivity contribution in [2.45, 2.75) is 19.4 Å². The maximum absolute atomic E-state index is 11.4. The van der Waals surface area contributed by atoms with Crippen LogP contribution < -0.4 is 0 Å². The first-order chi connectivity index (χ1) is 7.29. The minimum absolute atomic E-state index is 0.225. The molecule has 1 saturated heterocycles. The summed E-state index contributed by atoms with van der Waals surface area (Å²) in [7, 11) is 0. The third-order valence-corrected chi connectivity index (χ3v) is 2.58. The normalized spacial score (nSPS) is 15.4. The van der Waals surface area contributed by atoms with Crippen LogP contribution in [0.1, 0.15) is 18.4 Å². The largest absolute Gasteiger partial charge is 0.338 e. The molecule has 3 nitrogen and oxygen atoms in total. The predicted molar refractivity (Wildman–Crippen MR) is 57.4 cm³/mol. The number of rotatable bonds is 2. The van der Waals surface area contributed by atoms with E-state index >= 15 is 0 Å². The van der Waals surface area contributed by atoms with E-state index in [0.29, 0.717) is 18.7 Å². The standard InChI is InChI=1S/C12H12N2O/c1-13-11-5-2-4-10(8-11)9-14-7-3-6-12(14)15/h2,4-5,8H,3,6-7,9H2. The van der Waals surface area contributed by atoms with E-state index in [-0.39, 0.29) is 5.91 Å². The van der Waals surface area contributed by atoms with Gasteiger partial charge in [-0.05, 0) is 12.0 Å². The first-order valence-corrected chi connectivity index (χ1v) is 5.04. The van der Waals surface area contributed by atoms with Gasteiger partial charge in [0.05, 0.1) is 6.57 Å². The van der Waals surface area contributed by atoms with E-state index in [1.807, 2.05) is 23.1 Å². The highest BCUT2D eigenvalue weighted by Crippen LogP contribution is 2.18. The molecule has 1 aliphatic heterocycles. The lowest BCUT2D eigenvalue weighted by Gasteiger charge is -2.15. The van der Waals surface area contributed by atoms with Crippen LogP contribution in [0.2, 0.25) is 0 Å². The summed E-state index contributed by atoms with van der Waals surface area (Å²) in [5, 5.41) is 0. The van der Waals surface area contributed by atoms with Crippen molar-refractivity contribution in [3.63, 3.8) is 0 Å². The van der Waals surface area contributed by atoms with Crippen LogP contribution in [0, 0.1) is 6.57 Å². The molecule has 1 aromatic rings. The lowest BCUT2D eigenvalue weighted by molar-refractivity contribution is -0.128. The molecule has 0 saturated carbocycles. The Hall–Kier alpha value is -1.82. The van der Waals surface area contributed by atoms with Gasteiger partial charge in [-0.3, -0.25) is 4.79 Å². The Kier molecular flexibility index (Phi) is 2.68. The average molecular weight is 200 g/mol. The Morgan fingerprint density at radius 1 is 1.47 bits per heavy atom. The highest BCUT2D eigenvalue weighted by molar-refractivity contribution is 5.78. The second-order valence-electron chi connectivity index (χ2n) is 3.70. The van der Waals surface area contributed by atoms with Gasteiger partial charge >= 0.3 is 0 Å². The van der Waals surface area contributed by atoms with E-state index in [1.165, 1.54) is 0 Å². The molecule has 15 heavy (non-hydrogen) atoms. The van der Waals surface area contributed by atoms with Crippen LogP contribution in [0.5, 0.6) is 0 Å². The van der Waals surface area contributed by atoms with Gasteiger partial charge in [-0.1, -0.05) is 24.3 Å². The zero-order valence-electron chi connectivity index (χ0n) is 8.44. The van der Waals surface area contributed by atoms with Crippen molar-refractivity contribution in [3.05, 3.63) is 41.2 Å². The number of hydrogen-bond donors (Lipinski definition) is 0. The van der Waals surface area contributed by atoms with Crippen LogP contribution in [0.25, 0.3) is 4.85 Å². The fourth-order valence-electron chi connectivity index (χ4n) is 1.82. The van der Waals surface area contributed by atoms with Gasteiger partial charge in [0.25, 0.3) is 0 Å². The van der Waals surface area contributed by atoms with Crippen molar-refractivity contribution >= 4 is 11.6 Å². The first-order valence-electron chi connectivity index (χ1n) is 5.04. The van der Waals surface area contributed by atoms with Gasteiger partial charge in [-0.15, -0.1) is 0 Å². The Bertz CT molecular complexity index is 420. The average Bonchev–Trinajstić information content (AvgIpc) is 2.65. The van der Waals surface area contributed by atoms with Crippen molar-refractivity contribution in [2.75, 3.05) is 6.54 Å². The number of nitrogens with zero attached hydrogens (tertiary/aromatic N) is 2. The van der Waals surface area contributed by atoms with E-state index in [9.17, 15) is 4.79 Å². The van der Waals surface area contributed by atoms with Crippen LogP contribution in [-0.2, 0) is 11.3 Å². The SMILES string of the molecule is [C-]#[N+]c1cccc(CN2CCCC2=O)c1. The summed E-state index contributed by atoms with van der Waals surface area (Å²) < 4.78 is 0. The van der Waals surface area contributed by atoms with Crippen LogP contribution in [0.4, 0.5) is 5.69 Å². The molecule has 0 unspecified atom stereocenters. The fourth-order valence-corrected chi connectivity index (χ4v) is 1.82. The third-order valence-electron chi connectivity index (χ3n) is 2.58. The topological polar surface area (TPSA) is 24.7 Å². The second kappa shape index (κ2) is 4.14. The van der Waals surface area contributed by atoms with Gasteiger partial charge in [-0.2, -0.15) is 0 Å². The fraction of sp³-hybridized carbons (Fsp3) is 0.333. The molecule has 76 valence electrons. The lowest BCUT2D eigenvalue weighted by Crippen LogP contribution is -2.23. The zero-order valence-corrected chi connectivity index (χ0v) is 8.44. The number of carbonyl (C=O) groups is 1. The summed E-state index contributed by atoms with van der Waals surface area (Å²) in [6.07, 6.45) is 1.63. The third kappa shape index (κ3) is 2.16. The summed E-state index contributed by atoms with van der Waals surface area (Å²) in [6, 6.07) is 7.45. The van der Waals surface area contributed by atoms with E-state index in [4.69, 9.17) is 6.57 Å². The maximum atomic E-state index is 11.4. The van der Waals surface area contributed by atoms with Crippen LogP contribution >= 0.6 is 0 Å². The smallest absolute Gasteiger partial charge is 0.222 e. The summed E-state index contributed by atoms with van der Waals surface area (Å²) in [4.78, 5) is 16.6. The highest BCUT2D eigenvalue weighted by Gasteiger charge is 2.19. The van der Waals surface area contributed by atoms with E-state index in [2.05, 4.69) is 4.85 Å². The van der Waals surface area contributed by atoms with Gasteiger partial charge in [0.1, 0.15) is 0 Å². The number of carbonyl (C=O) groups excluding carboxylic acids is 1. The summed E-state index contributed by atoms with van der Waals surface area (Å²) in [6.45, 7) is 8.40. The van der Waals surface area contributed by atoms with Crippen molar-refractivity contribution in [1.29, 1.82) is 0 Å². The van der Waals surface area contributed by atoms with Crippen LogP contribution in [0.3, 0.4) is 0 Å². The molecule has 3 heteroatoms. The monoisotopic (exact) mass is 200 g/mol. The minimum atomic E-state index is 0.225. The molecule has 2 rings (SSSR count). The number of hydrogen-bond acceptors (Lipinski definition) is 1. The lowest BCUT2D eigenvalue weighted by atomic mass is 10.2. The number of benzene rings is 1.